The lowest BCUT2D eigenvalue weighted by atomic mass is 10.0. The maximum absolute atomic E-state index is 12.5. The Bertz CT molecular complexity index is 2550. The molecule has 0 unspecified atom stereocenters. The number of nitrogens with one attached hydrogen (secondary N) is 5. The van der Waals surface area contributed by atoms with Gasteiger partial charge in [0.1, 0.15) is 23.1 Å². The lowest BCUT2D eigenvalue weighted by Crippen LogP contribution is -2.44. The van der Waals surface area contributed by atoms with Gasteiger partial charge in [-0.1, -0.05) is 113 Å². The topological polar surface area (TPSA) is 191 Å². The van der Waals surface area contributed by atoms with Crippen molar-refractivity contribution < 1.29 is 33.8 Å². The highest BCUT2D eigenvalue weighted by Crippen LogP contribution is 2.26. The Hall–Kier alpha value is -6.67. The number of H-pyrrole nitrogens is 3. The number of halogens is 1. The number of carboxylic acids is 1. The van der Waals surface area contributed by atoms with Gasteiger partial charge in [-0.15, -0.1) is 0 Å². The number of carboxylic acid groups (broad SMARTS) is 1. The number of para-hydroxylation sites is 2. The highest BCUT2D eigenvalue weighted by molar-refractivity contribution is 9.09. The first-order valence-electron chi connectivity index (χ1n) is 20.1. The van der Waals surface area contributed by atoms with E-state index in [9.17, 15) is 24.3 Å². The number of aromatic nitrogens is 4. The van der Waals surface area contributed by atoms with Crippen LogP contribution in [0.2, 0.25) is 0 Å². The Morgan fingerprint density at radius 3 is 1.68 bits per heavy atom. The number of aromatic amines is 3. The van der Waals surface area contributed by atoms with E-state index in [-0.39, 0.29) is 18.2 Å². The van der Waals surface area contributed by atoms with Crippen LogP contribution in [0.1, 0.15) is 74.9 Å². The van der Waals surface area contributed by atoms with E-state index in [1.54, 1.807) is 33.2 Å². The van der Waals surface area contributed by atoms with Gasteiger partial charge in [-0.2, -0.15) is 0 Å². The smallest absolute Gasteiger partial charge is 0.408 e. The summed E-state index contributed by atoms with van der Waals surface area (Å²) in [7, 11) is 0. The van der Waals surface area contributed by atoms with Crippen molar-refractivity contribution in [3.63, 3.8) is 0 Å². The number of imidazole rings is 1. The van der Waals surface area contributed by atoms with Crippen molar-refractivity contribution >= 4 is 61.7 Å². The number of Topliss-reactive ketones (excluding diaryl/α,β-unsaturated/α-hetero) is 1. The lowest BCUT2D eigenvalue weighted by molar-refractivity contribution is -0.139. The first kappa shape index (κ1) is 46.4. The summed E-state index contributed by atoms with van der Waals surface area (Å²) in [5.41, 5.74) is 5.39. The first-order valence-corrected chi connectivity index (χ1v) is 21.2. The molecule has 0 bridgehead atoms. The lowest BCUT2D eigenvalue weighted by Gasteiger charge is -2.23. The molecule has 3 heterocycles. The van der Waals surface area contributed by atoms with Crippen LogP contribution in [0.25, 0.3) is 33.1 Å². The van der Waals surface area contributed by atoms with Crippen LogP contribution in [0.15, 0.2) is 128 Å². The average molecular weight is 906 g/mol. The van der Waals surface area contributed by atoms with Gasteiger partial charge in [-0.25, -0.2) is 19.4 Å². The second-order valence-corrected chi connectivity index (χ2v) is 16.9. The zero-order valence-corrected chi connectivity index (χ0v) is 37.2. The van der Waals surface area contributed by atoms with Crippen molar-refractivity contribution in [1.29, 1.82) is 0 Å². The second-order valence-electron chi connectivity index (χ2n) is 16.3. The number of alkyl carbamates (subject to hydrolysis) is 2. The van der Waals surface area contributed by atoms with Gasteiger partial charge in [0.15, 0.2) is 5.78 Å². The SMILES string of the molecule is CC(C)(C)OC(=O)N[C@H](Cc1c[nH]c2ccccc12)C(=O)O.CC(C)(C)OC(=O)N[C@H](Cc1c[nH]c2ccccc12)c1ncc(-c2ccccc2)[nH]1.O=C(CBr)c1ccccc1. The van der Waals surface area contributed by atoms with Gasteiger partial charge in [-0.3, -0.25) is 4.79 Å². The predicted octanol–water partition coefficient (Wildman–Crippen LogP) is 10.3. The van der Waals surface area contributed by atoms with E-state index in [1.165, 1.54) is 0 Å². The Morgan fingerprint density at radius 2 is 1.16 bits per heavy atom. The molecule has 0 saturated carbocycles. The molecule has 4 aromatic carbocycles. The summed E-state index contributed by atoms with van der Waals surface area (Å²) in [6.07, 6.45) is 5.09. The number of hydrogen-bond donors (Lipinski definition) is 6. The Morgan fingerprint density at radius 1 is 0.677 bits per heavy atom. The molecule has 0 radical (unpaired) electrons. The summed E-state index contributed by atoms with van der Waals surface area (Å²) in [6, 6.07) is 33.5. The molecule has 2 amide bonds. The summed E-state index contributed by atoms with van der Waals surface area (Å²) in [5.74, 6) is -0.290. The van der Waals surface area contributed by atoms with Crippen LogP contribution in [0.3, 0.4) is 0 Å². The van der Waals surface area contributed by atoms with E-state index in [0.29, 0.717) is 17.6 Å². The van der Waals surface area contributed by atoms with Crippen LogP contribution in [0.5, 0.6) is 0 Å². The van der Waals surface area contributed by atoms with Gasteiger partial charge in [0.25, 0.3) is 0 Å². The fourth-order valence-corrected chi connectivity index (χ4v) is 6.66. The van der Waals surface area contributed by atoms with E-state index in [0.717, 1.165) is 49.8 Å². The minimum atomic E-state index is -1.10. The van der Waals surface area contributed by atoms with Crippen LogP contribution < -0.4 is 10.6 Å². The predicted molar refractivity (Wildman–Crippen MR) is 245 cm³/mol. The Kier molecular flexibility index (Phi) is 15.9. The van der Waals surface area contributed by atoms with E-state index in [2.05, 4.69) is 52.6 Å². The van der Waals surface area contributed by atoms with Crippen molar-refractivity contribution in [1.82, 2.24) is 30.6 Å². The highest BCUT2D eigenvalue weighted by Gasteiger charge is 2.26. The van der Waals surface area contributed by atoms with E-state index < -0.39 is 35.4 Å². The molecule has 13 nitrogen and oxygen atoms in total. The van der Waals surface area contributed by atoms with Crippen LogP contribution in [-0.4, -0.2) is 71.6 Å². The third-order valence-corrected chi connectivity index (χ3v) is 9.61. The zero-order valence-electron chi connectivity index (χ0n) is 35.6. The third kappa shape index (κ3) is 13.9. The molecular weight excluding hydrogens is 852 g/mol. The number of hydrogen-bond acceptors (Lipinski definition) is 7. The summed E-state index contributed by atoms with van der Waals surface area (Å²) >= 11 is 3.10. The molecule has 7 aromatic rings. The second kappa shape index (κ2) is 21.2. The maximum Gasteiger partial charge on any atom is 0.408 e. The number of carbonyl (C=O) groups is 4. The van der Waals surface area contributed by atoms with E-state index in [4.69, 9.17) is 9.47 Å². The van der Waals surface area contributed by atoms with E-state index in [1.807, 2.05) is 130 Å². The number of ether oxygens (including phenoxy) is 2. The summed E-state index contributed by atoms with van der Waals surface area (Å²) in [5, 5.41) is 17.2. The van der Waals surface area contributed by atoms with Crippen molar-refractivity contribution in [3.05, 3.63) is 150 Å². The third-order valence-electron chi connectivity index (χ3n) is 9.11. The number of carbonyl (C=O) groups excluding carboxylic acids is 3. The molecule has 0 saturated heterocycles. The molecule has 14 heteroatoms. The van der Waals surface area contributed by atoms with Crippen molar-refractivity contribution in [2.24, 2.45) is 0 Å². The molecule has 0 aliphatic heterocycles. The number of aliphatic carboxylic acids is 1. The Labute approximate surface area is 369 Å². The number of amides is 2. The standard InChI is InChI=1S/C24H26N4O2.C16H20N2O4.C8H7BrO/c1-24(2,3)30-23(29)28-20(13-17-14-25-19-12-8-7-11-18(17)19)22-26-15-21(27-22)16-9-5-4-6-10-16;1-16(2,3)22-15(21)18-13(14(19)20)8-10-9-17-12-7-5-4-6-11(10)12;9-6-8(10)7-4-2-1-3-5-7/h4-12,14-15,20,25H,13H2,1-3H3,(H,26,27)(H,28,29);4-7,9,13,17H,8H2,1-3H3,(H,18,21)(H,19,20);1-5H,6H2/t20-;13-;/m11./s1. The molecule has 0 aliphatic carbocycles. The van der Waals surface area contributed by atoms with Crippen LogP contribution >= 0.6 is 15.9 Å². The molecular formula is C48H53BrN6O7. The van der Waals surface area contributed by atoms with Gasteiger partial charge in [-0.05, 0) is 70.4 Å². The highest BCUT2D eigenvalue weighted by atomic mass is 79.9. The largest absolute Gasteiger partial charge is 0.480 e. The quantitative estimate of drug-likeness (QED) is 0.0546. The van der Waals surface area contributed by atoms with Gasteiger partial charge in [0, 0.05) is 52.6 Å². The molecule has 3 aromatic heterocycles. The van der Waals surface area contributed by atoms with Gasteiger partial charge >= 0.3 is 18.2 Å². The maximum atomic E-state index is 12.5. The fourth-order valence-electron chi connectivity index (χ4n) is 6.34. The number of fused-ring (bicyclic) bond motifs is 2. The van der Waals surface area contributed by atoms with E-state index >= 15 is 0 Å². The fraction of sp³-hybridized carbons (Fsp3) is 0.271. The first-order chi connectivity index (χ1) is 29.5. The molecule has 7 rings (SSSR count). The van der Waals surface area contributed by atoms with Crippen molar-refractivity contribution in [2.45, 2.75) is 77.7 Å². The van der Waals surface area contributed by atoms with Crippen LogP contribution in [0, 0.1) is 0 Å². The molecule has 62 heavy (non-hydrogen) atoms. The Balaban J connectivity index is 0.000000198. The molecule has 0 aliphatic rings. The monoisotopic (exact) mass is 904 g/mol. The average Bonchev–Trinajstić information content (AvgIpc) is 3.99. The van der Waals surface area contributed by atoms with Gasteiger partial charge in [0.05, 0.1) is 23.3 Å². The number of nitrogens with zero attached hydrogens (tertiary/aromatic N) is 1. The van der Waals surface area contributed by atoms with Crippen LogP contribution in [0.4, 0.5) is 9.59 Å². The normalized spacial score (nSPS) is 12.2. The van der Waals surface area contributed by atoms with Gasteiger partial charge < -0.3 is 40.2 Å². The molecule has 2 atom stereocenters. The summed E-state index contributed by atoms with van der Waals surface area (Å²) in [6.45, 7) is 10.7. The minimum Gasteiger partial charge on any atom is -0.480 e. The van der Waals surface area contributed by atoms with Crippen LogP contribution in [-0.2, 0) is 27.1 Å². The summed E-state index contributed by atoms with van der Waals surface area (Å²) in [4.78, 5) is 61.0. The summed E-state index contributed by atoms with van der Waals surface area (Å²) < 4.78 is 10.6. The molecule has 6 N–H and O–H groups in total. The molecule has 324 valence electrons. The zero-order chi connectivity index (χ0) is 44.9. The number of rotatable bonds is 11. The molecule has 0 fully saturated rings. The number of alkyl halides is 1. The van der Waals surface area contributed by atoms with Crippen molar-refractivity contribution in [3.8, 4) is 11.3 Å². The van der Waals surface area contributed by atoms with Crippen molar-refractivity contribution in [2.75, 3.05) is 5.33 Å². The number of ketones is 1. The van der Waals surface area contributed by atoms with Gasteiger partial charge in [0.2, 0.25) is 0 Å². The minimum absolute atomic E-state index is 0.126. The number of benzene rings is 4. The molecule has 0 spiro atoms.